The van der Waals surface area contributed by atoms with Gasteiger partial charge in [-0.25, -0.2) is 0 Å². The van der Waals surface area contributed by atoms with E-state index in [1.807, 2.05) is 0 Å². The summed E-state index contributed by atoms with van der Waals surface area (Å²) in [6.45, 7) is 0. The van der Waals surface area contributed by atoms with Gasteiger partial charge in [0.05, 0.1) is 11.1 Å². The van der Waals surface area contributed by atoms with E-state index in [0.29, 0.717) is 35.5 Å². The molecule has 3 aromatic rings. The molecule has 296 valence electrons. The van der Waals surface area contributed by atoms with Crippen LogP contribution in [0.2, 0.25) is 0 Å². The zero-order chi connectivity index (χ0) is 39.4. The van der Waals surface area contributed by atoms with Crippen LogP contribution in [0.1, 0.15) is 88.2 Å². The molecule has 3 saturated carbocycles. The molecule has 7 unspecified atom stereocenters. The van der Waals surface area contributed by atoms with Gasteiger partial charge >= 0.3 is 0 Å². The number of rotatable bonds is 5. The van der Waals surface area contributed by atoms with E-state index in [2.05, 4.69) is 157 Å². The topological polar surface area (TPSA) is 3.24 Å². The second-order valence-electron chi connectivity index (χ2n) is 19.3. The van der Waals surface area contributed by atoms with Gasteiger partial charge in [0.25, 0.3) is 0 Å². The van der Waals surface area contributed by atoms with E-state index in [-0.39, 0.29) is 5.41 Å². The first-order valence-corrected chi connectivity index (χ1v) is 23.6. The van der Waals surface area contributed by atoms with Crippen LogP contribution in [0.5, 0.6) is 0 Å². The molecule has 0 radical (unpaired) electrons. The van der Waals surface area contributed by atoms with Gasteiger partial charge in [-0.15, -0.1) is 0 Å². The lowest BCUT2D eigenvalue weighted by atomic mass is 9.61. The summed E-state index contributed by atoms with van der Waals surface area (Å²) in [5, 5.41) is 0. The first kappa shape index (κ1) is 35.4. The minimum atomic E-state index is -0.148. The Bertz CT molecular complexity index is 2670. The van der Waals surface area contributed by atoms with Crippen molar-refractivity contribution < 1.29 is 0 Å². The SMILES string of the molecule is C1=CC2=C3C(=CC4C2C(=C1)C1C=CCCC14)C1(C2=C(CCC=C2)c2cccc(N(C4=CC=C(C5=CCCC=C5)CC4)c4ccc(-c5ccccc5)cc4)c21)C1CCCCC31. The van der Waals surface area contributed by atoms with E-state index in [1.165, 1.54) is 83.4 Å². The minimum absolute atomic E-state index is 0.148. The van der Waals surface area contributed by atoms with Crippen molar-refractivity contribution in [3.05, 3.63) is 208 Å². The smallest absolute Gasteiger partial charge is 0.0514 e. The highest BCUT2D eigenvalue weighted by molar-refractivity contribution is 5.94. The van der Waals surface area contributed by atoms with Gasteiger partial charge in [0.15, 0.2) is 0 Å². The van der Waals surface area contributed by atoms with Crippen LogP contribution < -0.4 is 4.90 Å². The van der Waals surface area contributed by atoms with Gasteiger partial charge in [-0.1, -0.05) is 146 Å². The third-order valence-electron chi connectivity index (χ3n) is 16.7. The molecule has 10 aliphatic carbocycles. The molecule has 1 nitrogen and oxygen atoms in total. The zero-order valence-corrected chi connectivity index (χ0v) is 34.8. The van der Waals surface area contributed by atoms with Gasteiger partial charge < -0.3 is 4.90 Å². The number of allylic oxidation sites excluding steroid dienone is 22. The Hall–Kier alpha value is -5.40. The Balaban J connectivity index is 1.05. The summed E-state index contributed by atoms with van der Waals surface area (Å²) in [7, 11) is 0. The Morgan fingerprint density at radius 3 is 2.43 bits per heavy atom. The predicted molar refractivity (Wildman–Crippen MR) is 249 cm³/mol. The molecular formula is C59H55N. The summed E-state index contributed by atoms with van der Waals surface area (Å²) in [6.07, 6.45) is 47.3. The van der Waals surface area contributed by atoms with Crippen molar-refractivity contribution in [2.24, 2.45) is 35.5 Å². The maximum Gasteiger partial charge on any atom is 0.0514 e. The fourth-order valence-corrected chi connectivity index (χ4v) is 14.5. The summed E-state index contributed by atoms with van der Waals surface area (Å²) < 4.78 is 0. The summed E-state index contributed by atoms with van der Waals surface area (Å²) >= 11 is 0. The van der Waals surface area contributed by atoms with E-state index >= 15 is 0 Å². The maximum atomic E-state index is 2.96. The summed E-state index contributed by atoms with van der Waals surface area (Å²) in [6, 6.07) is 27.9. The lowest BCUT2D eigenvalue weighted by molar-refractivity contribution is 0.244. The highest BCUT2D eigenvalue weighted by Gasteiger charge is 2.64. The molecule has 0 N–H and O–H groups in total. The molecule has 0 aromatic heterocycles. The standard InChI is InChI=1S/C59H55N/c1-3-15-38(16-4-1)40-29-33-42(34-30-40)60(43-35-31-41(32-36-43)39-17-5-2-6-18-39)55-28-14-24-48-46-21-9-11-26-52(46)59(58(48)55)53-27-12-10-22-49(53)57-50-25-13-23-47-44-19-7-8-20-45(44)51(56(47)50)37-54(57)59/h1,3-5,7,11,13-19,23-26,28-31,33-35,37,44-45,49,51,53,56H,2,6,8-10,12,20-22,27,32,36H2. The molecule has 3 aromatic carbocycles. The van der Waals surface area contributed by atoms with E-state index in [1.54, 1.807) is 39.0 Å². The van der Waals surface area contributed by atoms with Crippen LogP contribution in [0.25, 0.3) is 16.7 Å². The molecule has 1 heteroatoms. The Labute approximate surface area is 357 Å². The molecule has 60 heavy (non-hydrogen) atoms. The van der Waals surface area contributed by atoms with Gasteiger partial charge in [0.1, 0.15) is 0 Å². The van der Waals surface area contributed by atoms with Crippen LogP contribution in [0, 0.1) is 35.5 Å². The van der Waals surface area contributed by atoms with Crippen molar-refractivity contribution in [1.82, 2.24) is 0 Å². The van der Waals surface area contributed by atoms with Crippen molar-refractivity contribution in [2.45, 2.75) is 82.5 Å². The molecule has 1 spiro atoms. The van der Waals surface area contributed by atoms with Gasteiger partial charge in [-0.2, -0.15) is 0 Å². The summed E-state index contributed by atoms with van der Waals surface area (Å²) in [5.74, 6) is 3.58. The molecule has 0 saturated heterocycles. The van der Waals surface area contributed by atoms with E-state index in [9.17, 15) is 0 Å². The van der Waals surface area contributed by atoms with Crippen molar-refractivity contribution >= 4 is 16.9 Å². The van der Waals surface area contributed by atoms with Crippen LogP contribution in [0.15, 0.2) is 196 Å². The normalized spacial score (nSPS) is 31.4. The number of anilines is 2. The zero-order valence-electron chi connectivity index (χ0n) is 34.8. The van der Waals surface area contributed by atoms with Crippen LogP contribution in [0.3, 0.4) is 0 Å². The minimum Gasteiger partial charge on any atom is -0.314 e. The lowest BCUT2D eigenvalue weighted by Gasteiger charge is -2.43. The summed E-state index contributed by atoms with van der Waals surface area (Å²) in [5.41, 5.74) is 22.7. The molecule has 7 atom stereocenters. The average molecular weight is 778 g/mol. The fraction of sp³-hybridized carbons (Fsp3) is 0.322. The molecule has 0 amide bonds. The maximum absolute atomic E-state index is 2.96. The Kier molecular flexibility index (Phi) is 8.14. The van der Waals surface area contributed by atoms with Crippen LogP contribution in [0.4, 0.5) is 11.4 Å². The van der Waals surface area contributed by atoms with Gasteiger partial charge in [-0.3, -0.25) is 0 Å². The molecule has 0 heterocycles. The van der Waals surface area contributed by atoms with Gasteiger partial charge in [0.2, 0.25) is 0 Å². The highest BCUT2D eigenvalue weighted by Crippen LogP contribution is 2.73. The number of hydrogen-bond acceptors (Lipinski definition) is 1. The van der Waals surface area contributed by atoms with Crippen molar-refractivity contribution in [2.75, 3.05) is 4.90 Å². The van der Waals surface area contributed by atoms with Crippen LogP contribution >= 0.6 is 0 Å². The Morgan fingerprint density at radius 2 is 1.57 bits per heavy atom. The Morgan fingerprint density at radius 1 is 0.683 bits per heavy atom. The first-order valence-electron chi connectivity index (χ1n) is 23.6. The number of hydrogen-bond donors (Lipinski definition) is 0. The first-order chi connectivity index (χ1) is 29.8. The quantitative estimate of drug-likeness (QED) is 0.233. The number of nitrogens with zero attached hydrogens (tertiary/aromatic N) is 1. The largest absolute Gasteiger partial charge is 0.314 e. The predicted octanol–water partition coefficient (Wildman–Crippen LogP) is 15.1. The molecule has 0 aliphatic heterocycles. The highest BCUT2D eigenvalue weighted by atomic mass is 15.2. The van der Waals surface area contributed by atoms with E-state index in [4.69, 9.17) is 0 Å². The van der Waals surface area contributed by atoms with Gasteiger partial charge in [-0.05, 0) is 173 Å². The second-order valence-corrected chi connectivity index (χ2v) is 19.3. The molecule has 0 bridgehead atoms. The van der Waals surface area contributed by atoms with E-state index in [0.717, 1.165) is 38.5 Å². The molecule has 10 aliphatic rings. The molecule has 13 rings (SSSR count). The van der Waals surface area contributed by atoms with Crippen molar-refractivity contribution in [3.63, 3.8) is 0 Å². The van der Waals surface area contributed by atoms with Crippen LogP contribution in [-0.2, 0) is 5.41 Å². The van der Waals surface area contributed by atoms with Gasteiger partial charge in [0, 0.05) is 23.2 Å². The van der Waals surface area contributed by atoms with Crippen molar-refractivity contribution in [1.29, 1.82) is 0 Å². The summed E-state index contributed by atoms with van der Waals surface area (Å²) in [4.78, 5) is 2.73. The van der Waals surface area contributed by atoms with E-state index < -0.39 is 0 Å². The molecule has 3 fully saturated rings. The monoisotopic (exact) mass is 777 g/mol. The lowest BCUT2D eigenvalue weighted by Crippen LogP contribution is -2.38. The molecular weight excluding hydrogens is 723 g/mol. The fourth-order valence-electron chi connectivity index (χ4n) is 14.5. The number of fused-ring (bicyclic) bond motifs is 12. The second kappa shape index (κ2) is 13.8. The number of benzene rings is 3. The average Bonchev–Trinajstić information content (AvgIpc) is 3.93. The van der Waals surface area contributed by atoms with Crippen molar-refractivity contribution in [3.8, 4) is 11.1 Å². The third kappa shape index (κ3) is 4.99. The third-order valence-corrected chi connectivity index (χ3v) is 16.7. The van der Waals surface area contributed by atoms with Crippen LogP contribution in [-0.4, -0.2) is 0 Å².